The van der Waals surface area contributed by atoms with Gasteiger partial charge in [-0.3, -0.25) is 4.79 Å². The summed E-state index contributed by atoms with van der Waals surface area (Å²) in [6, 6.07) is 14.9. The molecule has 1 unspecified atom stereocenters. The number of carbonyl (C=O) groups is 2. The molecule has 0 aliphatic carbocycles. The fourth-order valence-corrected chi connectivity index (χ4v) is 3.24. The number of urea groups is 1. The molecule has 1 aliphatic heterocycles. The molecule has 2 aromatic rings. The Morgan fingerprint density at radius 3 is 2.52 bits per heavy atom. The lowest BCUT2D eigenvalue weighted by Gasteiger charge is -2.26. The Kier molecular flexibility index (Phi) is 6.24. The number of ether oxygens (including phenoxy) is 1. The van der Waals surface area contributed by atoms with Gasteiger partial charge in [-0.05, 0) is 62.1 Å². The van der Waals surface area contributed by atoms with Gasteiger partial charge in [-0.2, -0.15) is 0 Å². The van der Waals surface area contributed by atoms with E-state index in [1.54, 1.807) is 29.2 Å². The molecule has 3 rings (SSSR count). The maximum atomic E-state index is 12.9. The van der Waals surface area contributed by atoms with Crippen molar-refractivity contribution in [3.63, 3.8) is 0 Å². The van der Waals surface area contributed by atoms with Gasteiger partial charge in [0.25, 0.3) is 0 Å². The Bertz CT molecular complexity index is 795. The van der Waals surface area contributed by atoms with Crippen LogP contribution in [0.2, 0.25) is 0 Å². The number of hydrogen-bond acceptors (Lipinski definition) is 3. The van der Waals surface area contributed by atoms with Crippen molar-refractivity contribution in [2.24, 2.45) is 0 Å². The summed E-state index contributed by atoms with van der Waals surface area (Å²) in [7, 11) is 0. The summed E-state index contributed by atoms with van der Waals surface area (Å²) in [5, 5.41) is 2.94. The van der Waals surface area contributed by atoms with Crippen molar-refractivity contribution in [3.05, 3.63) is 65.2 Å². The van der Waals surface area contributed by atoms with Gasteiger partial charge in [-0.15, -0.1) is 0 Å². The first-order valence-electron chi connectivity index (χ1n) is 9.36. The molecule has 2 aromatic carbocycles. The SMILES string of the molecule is CC(=O)c1ccc(NC(=O)N(Cc2ccccc2C)CC2CCCO2)cc1. The third kappa shape index (κ3) is 5.17. The normalized spacial score (nSPS) is 16.1. The van der Waals surface area contributed by atoms with E-state index in [9.17, 15) is 9.59 Å². The monoisotopic (exact) mass is 366 g/mol. The number of nitrogens with one attached hydrogen (secondary N) is 1. The molecule has 0 saturated carbocycles. The molecule has 5 heteroatoms. The minimum absolute atomic E-state index is 0.00689. The van der Waals surface area contributed by atoms with Gasteiger partial charge in [-0.1, -0.05) is 24.3 Å². The van der Waals surface area contributed by atoms with Crippen LogP contribution in [0.25, 0.3) is 0 Å². The summed E-state index contributed by atoms with van der Waals surface area (Å²) in [6.45, 7) is 5.43. The van der Waals surface area contributed by atoms with Crippen molar-refractivity contribution in [1.29, 1.82) is 0 Å². The number of Topliss-reactive ketones (excluding diaryl/α,β-unsaturated/α-hetero) is 1. The molecule has 0 spiro atoms. The average molecular weight is 366 g/mol. The topological polar surface area (TPSA) is 58.6 Å². The Morgan fingerprint density at radius 2 is 1.89 bits per heavy atom. The third-order valence-corrected chi connectivity index (χ3v) is 4.90. The van der Waals surface area contributed by atoms with Gasteiger partial charge in [-0.25, -0.2) is 4.79 Å². The summed E-state index contributed by atoms with van der Waals surface area (Å²) in [5.41, 5.74) is 3.59. The van der Waals surface area contributed by atoms with E-state index in [2.05, 4.69) is 18.3 Å². The molecular formula is C22H26N2O3. The minimum Gasteiger partial charge on any atom is -0.376 e. The van der Waals surface area contributed by atoms with Crippen molar-refractivity contribution < 1.29 is 14.3 Å². The maximum Gasteiger partial charge on any atom is 0.322 e. The average Bonchev–Trinajstić information content (AvgIpc) is 3.16. The standard InChI is InChI=1S/C22H26N2O3/c1-16-6-3-4-7-19(16)14-24(15-21-8-5-13-27-21)22(26)23-20-11-9-18(10-12-20)17(2)25/h3-4,6-7,9-12,21H,5,8,13-15H2,1-2H3,(H,23,26). The number of rotatable bonds is 6. The Labute approximate surface area is 160 Å². The second kappa shape index (κ2) is 8.82. The van der Waals surface area contributed by atoms with E-state index in [0.717, 1.165) is 30.6 Å². The van der Waals surface area contributed by atoms with E-state index in [0.29, 0.717) is 24.3 Å². The highest BCUT2D eigenvalue weighted by molar-refractivity contribution is 5.95. The van der Waals surface area contributed by atoms with Crippen molar-refractivity contribution in [2.45, 2.75) is 39.3 Å². The summed E-state index contributed by atoms with van der Waals surface area (Å²) in [5.74, 6) is 0.00689. The van der Waals surface area contributed by atoms with Gasteiger partial charge < -0.3 is 15.0 Å². The second-order valence-electron chi connectivity index (χ2n) is 7.01. The number of carbonyl (C=O) groups excluding carboxylic acids is 2. The van der Waals surface area contributed by atoms with Gasteiger partial charge in [0.2, 0.25) is 0 Å². The van der Waals surface area contributed by atoms with Crippen molar-refractivity contribution in [1.82, 2.24) is 4.90 Å². The summed E-state index contributed by atoms with van der Waals surface area (Å²) >= 11 is 0. The first-order chi connectivity index (χ1) is 13.0. The van der Waals surface area contributed by atoms with Crippen molar-refractivity contribution >= 4 is 17.5 Å². The van der Waals surface area contributed by atoms with Gasteiger partial charge >= 0.3 is 6.03 Å². The fraction of sp³-hybridized carbons (Fsp3) is 0.364. The van der Waals surface area contributed by atoms with Crippen molar-refractivity contribution in [2.75, 3.05) is 18.5 Å². The number of benzene rings is 2. The third-order valence-electron chi connectivity index (χ3n) is 4.90. The molecule has 0 radical (unpaired) electrons. The molecule has 0 bridgehead atoms. The number of ketones is 1. The smallest absolute Gasteiger partial charge is 0.322 e. The van der Waals surface area contributed by atoms with Crippen LogP contribution in [0.15, 0.2) is 48.5 Å². The summed E-state index contributed by atoms with van der Waals surface area (Å²) in [6.07, 6.45) is 2.10. The van der Waals surface area contributed by atoms with Crippen LogP contribution in [0.1, 0.15) is 41.3 Å². The molecule has 1 N–H and O–H groups in total. The van der Waals surface area contributed by atoms with E-state index in [-0.39, 0.29) is 17.9 Å². The summed E-state index contributed by atoms with van der Waals surface area (Å²) in [4.78, 5) is 26.1. The van der Waals surface area contributed by atoms with E-state index >= 15 is 0 Å². The second-order valence-corrected chi connectivity index (χ2v) is 7.01. The van der Waals surface area contributed by atoms with E-state index < -0.39 is 0 Å². The molecular weight excluding hydrogens is 340 g/mol. The van der Waals surface area contributed by atoms with E-state index in [1.807, 2.05) is 18.2 Å². The Balaban J connectivity index is 1.73. The zero-order valence-electron chi connectivity index (χ0n) is 15.9. The molecule has 1 fully saturated rings. The molecule has 0 aromatic heterocycles. The largest absolute Gasteiger partial charge is 0.376 e. The highest BCUT2D eigenvalue weighted by Crippen LogP contribution is 2.18. The van der Waals surface area contributed by atoms with Gasteiger partial charge in [0.1, 0.15) is 0 Å². The zero-order chi connectivity index (χ0) is 19.2. The molecule has 1 aliphatic rings. The number of amides is 2. The van der Waals surface area contributed by atoms with Crippen molar-refractivity contribution in [3.8, 4) is 0 Å². The lowest BCUT2D eigenvalue weighted by molar-refractivity contribution is 0.0819. The van der Waals surface area contributed by atoms with Crippen LogP contribution < -0.4 is 5.32 Å². The highest BCUT2D eigenvalue weighted by Gasteiger charge is 2.23. The number of anilines is 1. The summed E-state index contributed by atoms with van der Waals surface area (Å²) < 4.78 is 5.73. The molecule has 1 heterocycles. The maximum absolute atomic E-state index is 12.9. The van der Waals surface area contributed by atoms with Crippen LogP contribution in [0, 0.1) is 6.92 Å². The Morgan fingerprint density at radius 1 is 1.15 bits per heavy atom. The van der Waals surface area contributed by atoms with Gasteiger partial charge in [0.15, 0.2) is 5.78 Å². The fourth-order valence-electron chi connectivity index (χ4n) is 3.24. The molecule has 1 atom stereocenters. The predicted molar refractivity (Wildman–Crippen MR) is 106 cm³/mol. The van der Waals surface area contributed by atoms with E-state index in [1.165, 1.54) is 6.92 Å². The highest BCUT2D eigenvalue weighted by atomic mass is 16.5. The van der Waals surface area contributed by atoms with Crippen LogP contribution in [-0.4, -0.2) is 36.0 Å². The quantitative estimate of drug-likeness (QED) is 0.771. The first kappa shape index (κ1) is 19.1. The van der Waals surface area contributed by atoms with Crippen LogP contribution in [-0.2, 0) is 11.3 Å². The minimum atomic E-state index is -0.163. The lowest BCUT2D eigenvalue weighted by atomic mass is 10.1. The van der Waals surface area contributed by atoms with Crippen LogP contribution >= 0.6 is 0 Å². The van der Waals surface area contributed by atoms with E-state index in [4.69, 9.17) is 4.74 Å². The molecule has 27 heavy (non-hydrogen) atoms. The number of hydrogen-bond donors (Lipinski definition) is 1. The predicted octanol–water partition coefficient (Wildman–Crippen LogP) is 4.41. The zero-order valence-corrected chi connectivity index (χ0v) is 15.9. The molecule has 2 amide bonds. The first-order valence-corrected chi connectivity index (χ1v) is 9.36. The lowest BCUT2D eigenvalue weighted by Crippen LogP contribution is -2.39. The molecule has 1 saturated heterocycles. The van der Waals surface area contributed by atoms with Gasteiger partial charge in [0, 0.05) is 30.9 Å². The molecule has 142 valence electrons. The van der Waals surface area contributed by atoms with Gasteiger partial charge in [0.05, 0.1) is 6.10 Å². The molecule has 5 nitrogen and oxygen atoms in total. The Hall–Kier alpha value is -2.66. The van der Waals surface area contributed by atoms with Crippen LogP contribution in [0.3, 0.4) is 0 Å². The number of nitrogens with zero attached hydrogens (tertiary/aromatic N) is 1. The number of aryl methyl sites for hydroxylation is 1. The van der Waals surface area contributed by atoms with Crippen LogP contribution in [0.5, 0.6) is 0 Å². The van der Waals surface area contributed by atoms with Crippen LogP contribution in [0.4, 0.5) is 10.5 Å².